The summed E-state index contributed by atoms with van der Waals surface area (Å²) in [6, 6.07) is 0. The van der Waals surface area contributed by atoms with Crippen molar-refractivity contribution in [1.82, 2.24) is 14.9 Å². The van der Waals surface area contributed by atoms with Crippen LogP contribution in [-0.4, -0.2) is 33.9 Å². The lowest BCUT2D eigenvalue weighted by Crippen LogP contribution is -2.23. The first-order valence-electron chi connectivity index (χ1n) is 6.19. The minimum atomic E-state index is -0.0438. The van der Waals surface area contributed by atoms with E-state index in [9.17, 15) is 5.11 Å². The lowest BCUT2D eigenvalue weighted by atomic mass is 10.1. The van der Waals surface area contributed by atoms with Crippen molar-refractivity contribution in [2.24, 2.45) is 5.92 Å². The molecule has 2 rings (SSSR count). The Hall–Kier alpha value is -0.870. The smallest absolute Gasteiger partial charge is 0.0945 e. The molecule has 0 aromatic carbocycles. The highest BCUT2D eigenvalue weighted by Gasteiger charge is 2.21. The molecule has 0 spiro atoms. The molecule has 2 unspecified atom stereocenters. The van der Waals surface area contributed by atoms with Gasteiger partial charge in [-0.2, -0.15) is 0 Å². The van der Waals surface area contributed by atoms with E-state index in [1.54, 1.807) is 0 Å². The molecule has 4 heteroatoms. The number of aliphatic hydroxyl groups is 1. The maximum absolute atomic E-state index is 9.39. The molecule has 0 aliphatic heterocycles. The van der Waals surface area contributed by atoms with Gasteiger partial charge in [-0.1, -0.05) is 0 Å². The monoisotopic (exact) mass is 223 g/mol. The highest BCUT2D eigenvalue weighted by molar-refractivity contribution is 4.76. The van der Waals surface area contributed by atoms with Crippen molar-refractivity contribution in [2.75, 3.05) is 13.1 Å². The first-order chi connectivity index (χ1) is 7.84. The largest absolute Gasteiger partial charge is 0.393 e. The predicted octanol–water partition coefficient (Wildman–Crippen LogP) is 1.02. The Bertz CT molecular complexity index is 286. The molecule has 1 aromatic rings. The van der Waals surface area contributed by atoms with Crippen molar-refractivity contribution < 1.29 is 5.11 Å². The van der Waals surface area contributed by atoms with Gasteiger partial charge >= 0.3 is 0 Å². The number of aliphatic hydroxyl groups excluding tert-OH is 1. The molecule has 0 bridgehead atoms. The topological polar surface area (TPSA) is 50.1 Å². The molecule has 1 aromatic heterocycles. The zero-order chi connectivity index (χ0) is 11.2. The van der Waals surface area contributed by atoms with Gasteiger partial charge in [0.1, 0.15) is 0 Å². The Morgan fingerprint density at radius 1 is 1.44 bits per heavy atom. The van der Waals surface area contributed by atoms with Crippen LogP contribution in [0.25, 0.3) is 0 Å². The van der Waals surface area contributed by atoms with E-state index in [0.29, 0.717) is 5.92 Å². The third kappa shape index (κ3) is 3.61. The van der Waals surface area contributed by atoms with Gasteiger partial charge in [0.05, 0.1) is 12.4 Å². The van der Waals surface area contributed by atoms with Crippen LogP contribution < -0.4 is 5.32 Å². The summed E-state index contributed by atoms with van der Waals surface area (Å²) < 4.78 is 2.10. The van der Waals surface area contributed by atoms with Crippen LogP contribution in [0.1, 0.15) is 25.7 Å². The van der Waals surface area contributed by atoms with Gasteiger partial charge in [0, 0.05) is 18.9 Å². The first kappa shape index (κ1) is 11.6. The molecule has 1 aliphatic rings. The zero-order valence-electron chi connectivity index (χ0n) is 9.68. The van der Waals surface area contributed by atoms with Crippen molar-refractivity contribution >= 4 is 0 Å². The van der Waals surface area contributed by atoms with Crippen LogP contribution in [0.2, 0.25) is 0 Å². The van der Waals surface area contributed by atoms with E-state index in [1.807, 2.05) is 18.7 Å². The fourth-order valence-corrected chi connectivity index (χ4v) is 2.35. The normalized spacial score (nSPS) is 25.1. The summed E-state index contributed by atoms with van der Waals surface area (Å²) in [4.78, 5) is 4.01. The van der Waals surface area contributed by atoms with Crippen LogP contribution in [0.5, 0.6) is 0 Å². The minimum absolute atomic E-state index is 0.0438. The third-order valence-corrected chi connectivity index (χ3v) is 3.28. The second kappa shape index (κ2) is 6.01. The molecule has 0 saturated heterocycles. The molecule has 1 heterocycles. The maximum Gasteiger partial charge on any atom is 0.0945 e. The Balaban J connectivity index is 1.49. The SMILES string of the molecule is OC1CCC(CNCCCn2ccnc2)C1. The standard InChI is InChI=1S/C12H21N3O/c16-12-3-2-11(8-12)9-13-4-1-6-15-7-5-14-10-15/h5,7,10-13,16H,1-4,6,8-9H2. The van der Waals surface area contributed by atoms with E-state index in [0.717, 1.165) is 38.9 Å². The minimum Gasteiger partial charge on any atom is -0.393 e. The molecular formula is C12H21N3O. The first-order valence-corrected chi connectivity index (χ1v) is 6.19. The number of imidazole rings is 1. The number of aromatic nitrogens is 2. The number of aryl methyl sites for hydroxylation is 1. The Kier molecular flexibility index (Phi) is 4.36. The zero-order valence-corrected chi connectivity index (χ0v) is 9.68. The Labute approximate surface area is 96.7 Å². The molecule has 2 atom stereocenters. The lowest BCUT2D eigenvalue weighted by Gasteiger charge is -2.10. The molecule has 1 aliphatic carbocycles. The molecule has 4 nitrogen and oxygen atoms in total. The molecular weight excluding hydrogens is 202 g/mol. The van der Waals surface area contributed by atoms with Crippen LogP contribution in [0.3, 0.4) is 0 Å². The number of rotatable bonds is 6. The second-order valence-electron chi connectivity index (χ2n) is 4.69. The van der Waals surface area contributed by atoms with Crippen molar-refractivity contribution in [3.8, 4) is 0 Å². The van der Waals surface area contributed by atoms with E-state index in [-0.39, 0.29) is 6.10 Å². The van der Waals surface area contributed by atoms with Gasteiger partial charge in [-0.25, -0.2) is 4.98 Å². The number of nitrogens with zero attached hydrogens (tertiary/aromatic N) is 2. The summed E-state index contributed by atoms with van der Waals surface area (Å²) in [6.45, 7) is 3.13. The van der Waals surface area contributed by atoms with Gasteiger partial charge < -0.3 is 15.0 Å². The highest BCUT2D eigenvalue weighted by atomic mass is 16.3. The van der Waals surface area contributed by atoms with Crippen LogP contribution in [0.15, 0.2) is 18.7 Å². The number of nitrogens with one attached hydrogen (secondary N) is 1. The van der Waals surface area contributed by atoms with Crippen molar-refractivity contribution in [3.63, 3.8) is 0 Å². The summed E-state index contributed by atoms with van der Waals surface area (Å²) in [7, 11) is 0. The van der Waals surface area contributed by atoms with Crippen LogP contribution in [0.4, 0.5) is 0 Å². The third-order valence-electron chi connectivity index (χ3n) is 3.28. The maximum atomic E-state index is 9.39. The molecule has 0 amide bonds. The van der Waals surface area contributed by atoms with E-state index < -0.39 is 0 Å². The summed E-state index contributed by atoms with van der Waals surface area (Å²) >= 11 is 0. The number of hydrogen-bond acceptors (Lipinski definition) is 3. The van der Waals surface area contributed by atoms with E-state index in [2.05, 4.69) is 14.9 Å². The lowest BCUT2D eigenvalue weighted by molar-refractivity contribution is 0.177. The number of hydrogen-bond donors (Lipinski definition) is 2. The van der Waals surface area contributed by atoms with E-state index in [4.69, 9.17) is 0 Å². The van der Waals surface area contributed by atoms with Gasteiger partial charge in [-0.3, -0.25) is 0 Å². The van der Waals surface area contributed by atoms with Crippen molar-refractivity contribution in [2.45, 2.75) is 38.3 Å². The van der Waals surface area contributed by atoms with Gasteiger partial charge in [0.15, 0.2) is 0 Å². The van der Waals surface area contributed by atoms with Gasteiger partial charge in [-0.15, -0.1) is 0 Å². The van der Waals surface area contributed by atoms with Crippen molar-refractivity contribution in [3.05, 3.63) is 18.7 Å². The summed E-state index contributed by atoms with van der Waals surface area (Å²) in [5.41, 5.74) is 0. The second-order valence-corrected chi connectivity index (χ2v) is 4.69. The van der Waals surface area contributed by atoms with Gasteiger partial charge in [0.25, 0.3) is 0 Å². The van der Waals surface area contributed by atoms with Crippen LogP contribution in [0, 0.1) is 5.92 Å². The average molecular weight is 223 g/mol. The molecule has 1 saturated carbocycles. The highest BCUT2D eigenvalue weighted by Crippen LogP contribution is 2.24. The molecule has 0 radical (unpaired) electrons. The Morgan fingerprint density at radius 2 is 2.38 bits per heavy atom. The summed E-state index contributed by atoms with van der Waals surface area (Å²) in [5, 5.41) is 12.9. The van der Waals surface area contributed by atoms with Gasteiger partial charge in [0.2, 0.25) is 0 Å². The van der Waals surface area contributed by atoms with E-state index in [1.165, 1.54) is 6.42 Å². The quantitative estimate of drug-likeness (QED) is 0.708. The summed E-state index contributed by atoms with van der Waals surface area (Å²) in [6.07, 6.45) is 9.89. The Morgan fingerprint density at radius 3 is 3.06 bits per heavy atom. The van der Waals surface area contributed by atoms with Crippen LogP contribution >= 0.6 is 0 Å². The van der Waals surface area contributed by atoms with Gasteiger partial charge in [-0.05, 0) is 44.7 Å². The van der Waals surface area contributed by atoms with Crippen LogP contribution in [-0.2, 0) is 6.54 Å². The molecule has 2 N–H and O–H groups in total. The fourth-order valence-electron chi connectivity index (χ4n) is 2.35. The molecule has 16 heavy (non-hydrogen) atoms. The summed E-state index contributed by atoms with van der Waals surface area (Å²) in [5.74, 6) is 0.684. The van der Waals surface area contributed by atoms with E-state index >= 15 is 0 Å². The average Bonchev–Trinajstić information content (AvgIpc) is 2.89. The predicted molar refractivity (Wildman–Crippen MR) is 63.1 cm³/mol. The molecule has 90 valence electrons. The molecule has 1 fully saturated rings. The van der Waals surface area contributed by atoms with Crippen molar-refractivity contribution in [1.29, 1.82) is 0 Å². The fraction of sp³-hybridized carbons (Fsp3) is 0.750.